The number of fused-ring (bicyclic) bond motifs is 1. The van der Waals surface area contributed by atoms with Crippen LogP contribution in [0.25, 0.3) is 0 Å². The van der Waals surface area contributed by atoms with Gasteiger partial charge in [0.15, 0.2) is 5.13 Å². The fourth-order valence-corrected chi connectivity index (χ4v) is 3.90. The highest BCUT2D eigenvalue weighted by Gasteiger charge is 2.22. The fraction of sp³-hybridized carbons (Fsp3) is 0.333. The van der Waals surface area contributed by atoms with E-state index >= 15 is 0 Å². The summed E-state index contributed by atoms with van der Waals surface area (Å²) in [6.07, 6.45) is 0.743. The predicted molar refractivity (Wildman–Crippen MR) is 102 cm³/mol. The highest BCUT2D eigenvalue weighted by molar-refractivity contribution is 7.15. The van der Waals surface area contributed by atoms with Crippen molar-refractivity contribution < 1.29 is 19.1 Å². The van der Waals surface area contributed by atoms with E-state index in [-0.39, 0.29) is 18.4 Å². The van der Waals surface area contributed by atoms with Gasteiger partial charge >= 0.3 is 5.97 Å². The van der Waals surface area contributed by atoms with Crippen molar-refractivity contribution in [1.82, 2.24) is 9.88 Å². The summed E-state index contributed by atoms with van der Waals surface area (Å²) in [5.41, 5.74) is 2.04. The maximum atomic E-state index is 12.3. The minimum absolute atomic E-state index is 0.129. The van der Waals surface area contributed by atoms with Crippen molar-refractivity contribution in [1.29, 1.82) is 0 Å². The highest BCUT2D eigenvalue weighted by atomic mass is 32.1. The van der Waals surface area contributed by atoms with Gasteiger partial charge < -0.3 is 15.4 Å². The summed E-state index contributed by atoms with van der Waals surface area (Å²) in [4.78, 5) is 42.4. The number of hydrogen-bond donors (Lipinski definition) is 2. The number of benzene rings is 1. The molecule has 0 unspecified atom stereocenters. The molecule has 2 amide bonds. The van der Waals surface area contributed by atoms with Crippen molar-refractivity contribution in [2.24, 2.45) is 0 Å². The molecule has 1 aliphatic rings. The van der Waals surface area contributed by atoms with Gasteiger partial charge in [0.2, 0.25) is 11.8 Å². The zero-order valence-corrected chi connectivity index (χ0v) is 15.9. The summed E-state index contributed by atoms with van der Waals surface area (Å²) in [5.74, 6) is -0.688. The number of thiazole rings is 1. The number of nitrogens with one attached hydrogen (secondary N) is 2. The zero-order valence-electron chi connectivity index (χ0n) is 15.1. The molecule has 0 saturated heterocycles. The number of carbonyl (C=O) groups excluding carboxylic acids is 3. The number of esters is 1. The Labute approximate surface area is 160 Å². The van der Waals surface area contributed by atoms with Crippen LogP contribution in [0.3, 0.4) is 0 Å². The first-order valence-electron chi connectivity index (χ1n) is 8.41. The summed E-state index contributed by atoms with van der Waals surface area (Å²) in [6, 6.07) is 6.55. The van der Waals surface area contributed by atoms with Gasteiger partial charge in [0.1, 0.15) is 0 Å². The lowest BCUT2D eigenvalue weighted by Crippen LogP contribution is -2.36. The van der Waals surface area contributed by atoms with E-state index in [1.165, 1.54) is 25.4 Å². The van der Waals surface area contributed by atoms with Crippen LogP contribution in [-0.2, 0) is 27.3 Å². The van der Waals surface area contributed by atoms with Crippen molar-refractivity contribution >= 4 is 39.9 Å². The van der Waals surface area contributed by atoms with Gasteiger partial charge in [0.25, 0.3) is 0 Å². The van der Waals surface area contributed by atoms with Crippen LogP contribution in [0.4, 0.5) is 10.8 Å². The van der Waals surface area contributed by atoms with Crippen molar-refractivity contribution in [3.05, 3.63) is 40.4 Å². The van der Waals surface area contributed by atoms with Crippen molar-refractivity contribution in [3.63, 3.8) is 0 Å². The maximum absolute atomic E-state index is 12.3. The molecule has 0 spiro atoms. The Kier molecular flexibility index (Phi) is 5.82. The molecule has 1 aromatic carbocycles. The quantitative estimate of drug-likeness (QED) is 0.759. The van der Waals surface area contributed by atoms with Crippen LogP contribution in [-0.4, -0.2) is 47.9 Å². The van der Waals surface area contributed by atoms with Gasteiger partial charge in [0, 0.05) is 37.0 Å². The standard InChI is InChI=1S/C18H20N4O4S/c1-11(23)19-18-21-14-7-8-22(9-15(14)27-18)10-16(24)20-13-5-3-12(4-6-13)17(25)26-2/h3-6H,7-10H2,1-2H3,(H,20,24)(H,19,21,23). The normalized spacial score (nSPS) is 13.6. The maximum Gasteiger partial charge on any atom is 0.337 e. The van der Waals surface area contributed by atoms with E-state index in [1.807, 2.05) is 4.90 Å². The topological polar surface area (TPSA) is 101 Å². The summed E-state index contributed by atoms with van der Waals surface area (Å²) in [6.45, 7) is 3.06. The molecule has 0 fully saturated rings. The van der Waals surface area contributed by atoms with Gasteiger partial charge in [-0.1, -0.05) is 0 Å². The average molecular weight is 388 g/mol. The smallest absolute Gasteiger partial charge is 0.337 e. The number of anilines is 2. The number of aromatic nitrogens is 1. The lowest BCUT2D eigenvalue weighted by atomic mass is 10.2. The molecule has 0 atom stereocenters. The van der Waals surface area contributed by atoms with Gasteiger partial charge in [-0.3, -0.25) is 14.5 Å². The highest BCUT2D eigenvalue weighted by Crippen LogP contribution is 2.28. The third-order valence-corrected chi connectivity index (χ3v) is 5.05. The number of nitrogens with zero attached hydrogens (tertiary/aromatic N) is 2. The first-order valence-corrected chi connectivity index (χ1v) is 9.23. The third-order valence-electron chi connectivity index (χ3n) is 4.05. The SMILES string of the molecule is COC(=O)c1ccc(NC(=O)CN2CCc3nc(NC(C)=O)sc3C2)cc1. The summed E-state index contributed by atoms with van der Waals surface area (Å²) in [7, 11) is 1.32. The van der Waals surface area contributed by atoms with Crippen LogP contribution in [0.1, 0.15) is 27.9 Å². The molecule has 1 aliphatic heterocycles. The Morgan fingerprint density at radius 2 is 1.96 bits per heavy atom. The van der Waals surface area contributed by atoms with Crippen LogP contribution in [0.15, 0.2) is 24.3 Å². The van der Waals surface area contributed by atoms with Gasteiger partial charge in [-0.15, -0.1) is 11.3 Å². The first kappa shape index (κ1) is 19.0. The van der Waals surface area contributed by atoms with Crippen molar-refractivity contribution in [2.45, 2.75) is 19.9 Å². The molecule has 8 nitrogen and oxygen atoms in total. The van der Waals surface area contributed by atoms with Crippen LogP contribution in [0.2, 0.25) is 0 Å². The predicted octanol–water partition coefficient (Wildman–Crippen LogP) is 1.88. The molecule has 2 N–H and O–H groups in total. The van der Waals surface area contributed by atoms with E-state index < -0.39 is 5.97 Å². The molecule has 2 heterocycles. The summed E-state index contributed by atoms with van der Waals surface area (Å²) in [5, 5.41) is 6.13. The minimum atomic E-state index is -0.416. The minimum Gasteiger partial charge on any atom is -0.465 e. The molecule has 27 heavy (non-hydrogen) atoms. The van der Waals surface area contributed by atoms with Crippen molar-refractivity contribution in [3.8, 4) is 0 Å². The second kappa shape index (κ2) is 8.28. The van der Waals surface area contributed by atoms with Gasteiger partial charge in [0.05, 0.1) is 24.9 Å². The zero-order chi connectivity index (χ0) is 19.4. The largest absolute Gasteiger partial charge is 0.465 e. The Bertz CT molecular complexity index is 863. The van der Waals surface area contributed by atoms with Gasteiger partial charge in [-0.05, 0) is 24.3 Å². The number of ether oxygens (including phenoxy) is 1. The summed E-state index contributed by atoms with van der Waals surface area (Å²) >= 11 is 1.44. The van der Waals surface area contributed by atoms with E-state index in [2.05, 4.69) is 20.4 Å². The van der Waals surface area contributed by atoms with Gasteiger partial charge in [-0.2, -0.15) is 0 Å². The molecule has 1 aromatic heterocycles. The molecule has 3 rings (SSSR count). The van der Waals surface area contributed by atoms with Crippen LogP contribution >= 0.6 is 11.3 Å². The summed E-state index contributed by atoms with van der Waals surface area (Å²) < 4.78 is 4.65. The molecular formula is C18H20N4O4S. The lowest BCUT2D eigenvalue weighted by molar-refractivity contribution is -0.117. The number of rotatable bonds is 5. The Balaban J connectivity index is 1.55. The second-order valence-electron chi connectivity index (χ2n) is 6.15. The molecule has 0 aliphatic carbocycles. The molecule has 0 bridgehead atoms. The number of carbonyl (C=O) groups is 3. The molecule has 142 valence electrons. The molecule has 0 saturated carbocycles. The molecule has 0 radical (unpaired) electrons. The Morgan fingerprint density at radius 1 is 1.22 bits per heavy atom. The van der Waals surface area contributed by atoms with E-state index in [4.69, 9.17) is 0 Å². The number of methoxy groups -OCH3 is 1. The third kappa shape index (κ3) is 4.89. The number of hydrogen-bond acceptors (Lipinski definition) is 7. The molecular weight excluding hydrogens is 368 g/mol. The lowest BCUT2D eigenvalue weighted by Gasteiger charge is -2.25. The Morgan fingerprint density at radius 3 is 2.63 bits per heavy atom. The van der Waals surface area contributed by atoms with Crippen LogP contribution < -0.4 is 10.6 Å². The Hall–Kier alpha value is -2.78. The van der Waals surface area contributed by atoms with E-state index in [0.29, 0.717) is 22.9 Å². The second-order valence-corrected chi connectivity index (χ2v) is 7.23. The van der Waals surface area contributed by atoms with Gasteiger partial charge in [-0.25, -0.2) is 9.78 Å². The molecule has 9 heteroatoms. The first-order chi connectivity index (χ1) is 12.9. The van der Waals surface area contributed by atoms with Crippen LogP contribution in [0, 0.1) is 0 Å². The van der Waals surface area contributed by atoms with E-state index in [1.54, 1.807) is 24.3 Å². The average Bonchev–Trinajstić information content (AvgIpc) is 3.02. The van der Waals surface area contributed by atoms with E-state index in [0.717, 1.165) is 23.5 Å². The fourth-order valence-electron chi connectivity index (χ4n) is 2.80. The van der Waals surface area contributed by atoms with E-state index in [9.17, 15) is 14.4 Å². The molecule has 2 aromatic rings. The number of amides is 2. The monoisotopic (exact) mass is 388 g/mol. The van der Waals surface area contributed by atoms with Crippen molar-refractivity contribution in [2.75, 3.05) is 30.8 Å². The van der Waals surface area contributed by atoms with Crippen LogP contribution in [0.5, 0.6) is 0 Å².